The zero-order chi connectivity index (χ0) is 23.3. The number of benzene rings is 1. The molecular weight excluding hydrogens is 372 g/mol. The lowest BCUT2D eigenvalue weighted by atomic mass is 9.76. The van der Waals surface area contributed by atoms with Gasteiger partial charge in [-0.2, -0.15) is 0 Å². The molecule has 172 valence electrons. The van der Waals surface area contributed by atoms with Gasteiger partial charge in [0, 0.05) is 6.42 Å². The first kappa shape index (κ1) is 26.5. The Morgan fingerprint density at radius 2 is 1.50 bits per heavy atom. The van der Waals surface area contributed by atoms with Crippen LogP contribution in [0.2, 0.25) is 0 Å². The molecule has 0 fully saturated rings. The summed E-state index contributed by atoms with van der Waals surface area (Å²) in [6.07, 6.45) is 4.54. The highest BCUT2D eigenvalue weighted by Crippen LogP contribution is 2.40. The normalized spacial score (nSPS) is 13.9. The van der Waals surface area contributed by atoms with Crippen molar-refractivity contribution in [3.05, 3.63) is 28.8 Å². The molecule has 0 bridgehead atoms. The number of phenolic OH excluding ortho intramolecular Hbond substituents is 1. The minimum Gasteiger partial charge on any atom is -0.507 e. The number of phenols is 1. The number of aromatic hydroxyl groups is 1. The van der Waals surface area contributed by atoms with Gasteiger partial charge in [-0.1, -0.05) is 94.2 Å². The van der Waals surface area contributed by atoms with Crippen LogP contribution in [-0.4, -0.2) is 17.7 Å². The lowest BCUT2D eigenvalue weighted by molar-refractivity contribution is -0.146. The van der Waals surface area contributed by atoms with E-state index in [4.69, 9.17) is 4.74 Å². The summed E-state index contributed by atoms with van der Waals surface area (Å²) < 4.78 is 5.62. The maximum Gasteiger partial charge on any atom is 0.306 e. The summed E-state index contributed by atoms with van der Waals surface area (Å²) in [4.78, 5) is 12.4. The minimum atomic E-state index is -0.167. The number of hydrogen-bond acceptors (Lipinski definition) is 3. The van der Waals surface area contributed by atoms with Crippen molar-refractivity contribution >= 4 is 5.97 Å². The molecule has 30 heavy (non-hydrogen) atoms. The van der Waals surface area contributed by atoms with Gasteiger partial charge in [0.1, 0.15) is 5.75 Å². The molecule has 1 aromatic rings. The maximum atomic E-state index is 12.4. The van der Waals surface area contributed by atoms with Gasteiger partial charge < -0.3 is 9.84 Å². The Balaban J connectivity index is 2.83. The molecule has 1 atom stereocenters. The lowest BCUT2D eigenvalue weighted by Gasteiger charge is -2.31. The van der Waals surface area contributed by atoms with E-state index in [2.05, 4.69) is 69.2 Å². The summed E-state index contributed by atoms with van der Waals surface area (Å²) in [5, 5.41) is 10.9. The van der Waals surface area contributed by atoms with Gasteiger partial charge >= 0.3 is 5.97 Å². The van der Waals surface area contributed by atoms with Crippen molar-refractivity contribution in [1.29, 1.82) is 0 Å². The van der Waals surface area contributed by atoms with Crippen molar-refractivity contribution in [2.45, 2.75) is 112 Å². The minimum absolute atomic E-state index is 0.143. The largest absolute Gasteiger partial charge is 0.507 e. The number of esters is 1. The third-order valence-corrected chi connectivity index (χ3v) is 6.41. The van der Waals surface area contributed by atoms with E-state index in [1.807, 2.05) is 12.1 Å². The Bertz CT molecular complexity index is 667. The second-order valence-corrected chi connectivity index (χ2v) is 11.7. The summed E-state index contributed by atoms with van der Waals surface area (Å²) in [5.74, 6) is 0.571. The van der Waals surface area contributed by atoms with Crippen LogP contribution in [0, 0.1) is 11.3 Å². The van der Waals surface area contributed by atoms with E-state index in [1.165, 1.54) is 12.8 Å². The molecule has 0 aromatic heterocycles. The van der Waals surface area contributed by atoms with Crippen molar-refractivity contribution in [2.24, 2.45) is 11.3 Å². The van der Waals surface area contributed by atoms with E-state index in [0.717, 1.165) is 23.1 Å². The van der Waals surface area contributed by atoms with Gasteiger partial charge in [0.15, 0.2) is 0 Å². The molecule has 0 spiro atoms. The van der Waals surface area contributed by atoms with E-state index in [9.17, 15) is 9.90 Å². The molecule has 0 amide bonds. The molecule has 0 heterocycles. The predicted molar refractivity (Wildman–Crippen MR) is 127 cm³/mol. The van der Waals surface area contributed by atoms with Crippen LogP contribution >= 0.6 is 0 Å². The predicted octanol–water partition coefficient (Wildman–Crippen LogP) is 7.32. The number of carbonyl (C=O) groups is 1. The van der Waals surface area contributed by atoms with Crippen LogP contribution in [0.15, 0.2) is 12.1 Å². The van der Waals surface area contributed by atoms with E-state index >= 15 is 0 Å². The molecule has 0 saturated heterocycles. The molecule has 3 nitrogen and oxygen atoms in total. The van der Waals surface area contributed by atoms with Crippen LogP contribution in [0.5, 0.6) is 5.75 Å². The zero-order valence-corrected chi connectivity index (χ0v) is 21.2. The summed E-state index contributed by atoms with van der Waals surface area (Å²) in [6.45, 7) is 22.0. The second-order valence-electron chi connectivity index (χ2n) is 11.7. The molecule has 1 rings (SSSR count). The monoisotopic (exact) mass is 418 g/mol. The van der Waals surface area contributed by atoms with Crippen LogP contribution in [0.25, 0.3) is 0 Å². The van der Waals surface area contributed by atoms with Gasteiger partial charge in [0.05, 0.1) is 6.61 Å². The standard InChI is InChI=1S/C27H46O3/c1-11-12-15-27(9,10)19(2)18-30-23(28)14-13-20-16-21(25(3,4)5)24(29)22(17-20)26(6,7)8/h16-17,19,29H,11-15,18H2,1-10H3. The quantitative estimate of drug-likeness (QED) is 0.427. The Morgan fingerprint density at radius 1 is 1.00 bits per heavy atom. The Hall–Kier alpha value is -1.51. The fraction of sp³-hybridized carbons (Fsp3) is 0.741. The highest BCUT2D eigenvalue weighted by Gasteiger charge is 2.28. The molecule has 0 aliphatic heterocycles. The van der Waals surface area contributed by atoms with Crippen molar-refractivity contribution in [1.82, 2.24) is 0 Å². The molecule has 0 saturated carbocycles. The van der Waals surface area contributed by atoms with Gasteiger partial charge in [-0.15, -0.1) is 0 Å². The third-order valence-electron chi connectivity index (χ3n) is 6.41. The van der Waals surface area contributed by atoms with Gasteiger partial charge in [0.25, 0.3) is 0 Å². The van der Waals surface area contributed by atoms with Crippen molar-refractivity contribution in [2.75, 3.05) is 6.61 Å². The van der Waals surface area contributed by atoms with Crippen molar-refractivity contribution in [3.8, 4) is 5.75 Å². The molecule has 1 unspecified atom stereocenters. The second kappa shape index (κ2) is 10.2. The Morgan fingerprint density at radius 3 is 1.93 bits per heavy atom. The zero-order valence-electron chi connectivity index (χ0n) is 21.2. The van der Waals surface area contributed by atoms with E-state index < -0.39 is 0 Å². The maximum absolute atomic E-state index is 12.4. The number of hydrogen-bond donors (Lipinski definition) is 1. The molecule has 1 N–H and O–H groups in total. The van der Waals surface area contributed by atoms with Gasteiger partial charge in [-0.25, -0.2) is 0 Å². The first-order valence-electron chi connectivity index (χ1n) is 11.6. The van der Waals surface area contributed by atoms with Gasteiger partial charge in [0.2, 0.25) is 0 Å². The number of carbonyl (C=O) groups excluding carboxylic acids is 1. The molecule has 1 aromatic carbocycles. The number of rotatable bonds is 9. The molecular formula is C27H46O3. The van der Waals surface area contributed by atoms with E-state index in [-0.39, 0.29) is 22.2 Å². The SMILES string of the molecule is CCCCC(C)(C)C(C)COC(=O)CCc1cc(C(C)(C)C)c(O)c(C(C)(C)C)c1. The Labute approximate surface area is 185 Å². The Kier molecular flexibility index (Phi) is 9.02. The number of unbranched alkanes of at least 4 members (excludes halogenated alkanes) is 1. The first-order chi connectivity index (χ1) is 13.6. The number of aryl methyl sites for hydroxylation is 1. The average molecular weight is 419 g/mol. The van der Waals surface area contributed by atoms with Crippen LogP contribution < -0.4 is 0 Å². The van der Waals surface area contributed by atoms with Crippen LogP contribution in [0.3, 0.4) is 0 Å². The summed E-state index contributed by atoms with van der Waals surface area (Å²) in [5.41, 5.74) is 2.79. The van der Waals surface area contributed by atoms with Crippen molar-refractivity contribution < 1.29 is 14.6 Å². The van der Waals surface area contributed by atoms with E-state index in [1.54, 1.807) is 0 Å². The van der Waals surface area contributed by atoms with Crippen LogP contribution in [-0.2, 0) is 26.8 Å². The molecule has 0 aliphatic carbocycles. The number of ether oxygens (including phenoxy) is 1. The summed E-state index contributed by atoms with van der Waals surface area (Å²) in [6, 6.07) is 4.10. The summed E-state index contributed by atoms with van der Waals surface area (Å²) >= 11 is 0. The first-order valence-corrected chi connectivity index (χ1v) is 11.6. The van der Waals surface area contributed by atoms with Crippen molar-refractivity contribution in [3.63, 3.8) is 0 Å². The van der Waals surface area contributed by atoms with Crippen LogP contribution in [0.1, 0.15) is 112 Å². The topological polar surface area (TPSA) is 46.5 Å². The highest BCUT2D eigenvalue weighted by atomic mass is 16.5. The molecule has 0 aliphatic rings. The van der Waals surface area contributed by atoms with Gasteiger partial charge in [-0.3, -0.25) is 4.79 Å². The molecule has 0 radical (unpaired) electrons. The lowest BCUT2D eigenvalue weighted by Crippen LogP contribution is -2.27. The fourth-order valence-corrected chi connectivity index (χ4v) is 3.62. The fourth-order valence-electron chi connectivity index (χ4n) is 3.62. The smallest absolute Gasteiger partial charge is 0.306 e. The molecule has 3 heteroatoms. The summed E-state index contributed by atoms with van der Waals surface area (Å²) in [7, 11) is 0. The van der Waals surface area contributed by atoms with Crippen LogP contribution in [0.4, 0.5) is 0 Å². The highest BCUT2D eigenvalue weighted by molar-refractivity contribution is 5.69. The van der Waals surface area contributed by atoms with E-state index in [0.29, 0.717) is 31.1 Å². The van der Waals surface area contributed by atoms with Gasteiger partial charge in [-0.05, 0) is 51.7 Å². The average Bonchev–Trinajstić information content (AvgIpc) is 2.61. The third kappa shape index (κ3) is 7.63.